The van der Waals surface area contributed by atoms with Gasteiger partial charge in [-0.2, -0.15) is 0 Å². The Kier molecular flexibility index (Phi) is 5.53. The normalized spacial score (nSPS) is 24.1. The number of carbonyl (C=O) groups excluding carboxylic acids is 2. The highest BCUT2D eigenvalue weighted by molar-refractivity contribution is 5.90. The predicted molar refractivity (Wildman–Crippen MR) is 93.8 cm³/mol. The molecule has 2 unspecified atom stereocenters. The Morgan fingerprint density at radius 2 is 2.00 bits per heavy atom. The minimum absolute atomic E-state index is 0.122. The van der Waals surface area contributed by atoms with E-state index in [1.807, 2.05) is 4.90 Å². The zero-order valence-electron chi connectivity index (χ0n) is 14.5. The summed E-state index contributed by atoms with van der Waals surface area (Å²) in [5.41, 5.74) is 0.164. The van der Waals surface area contributed by atoms with E-state index < -0.39 is 5.82 Å². The van der Waals surface area contributed by atoms with E-state index >= 15 is 0 Å². The van der Waals surface area contributed by atoms with Gasteiger partial charge in [0.1, 0.15) is 5.82 Å². The van der Waals surface area contributed by atoms with Crippen LogP contribution >= 0.6 is 0 Å². The molecule has 1 aromatic carbocycles. The van der Waals surface area contributed by atoms with E-state index in [0.717, 1.165) is 19.4 Å². The van der Waals surface area contributed by atoms with Crippen LogP contribution in [0.2, 0.25) is 0 Å². The summed E-state index contributed by atoms with van der Waals surface area (Å²) in [7, 11) is 0. The van der Waals surface area contributed by atoms with Crippen molar-refractivity contribution in [1.29, 1.82) is 0 Å². The second-order valence-corrected chi connectivity index (χ2v) is 6.83. The average Bonchev–Trinajstić information content (AvgIpc) is 2.63. The molecule has 0 radical (unpaired) electrons. The largest absolute Gasteiger partial charge is 0.340 e. The van der Waals surface area contributed by atoms with Gasteiger partial charge in [0.15, 0.2) is 0 Å². The summed E-state index contributed by atoms with van der Waals surface area (Å²) in [5.74, 6) is -0.516. The number of piperazine rings is 1. The van der Waals surface area contributed by atoms with Crippen LogP contribution in [-0.4, -0.2) is 60.5 Å². The lowest BCUT2D eigenvalue weighted by atomic mass is 9.96. The number of para-hydroxylation sites is 1. The van der Waals surface area contributed by atoms with Crippen molar-refractivity contribution in [2.24, 2.45) is 5.92 Å². The Morgan fingerprint density at radius 3 is 2.76 bits per heavy atom. The predicted octanol–water partition coefficient (Wildman–Crippen LogP) is 1.89. The summed E-state index contributed by atoms with van der Waals surface area (Å²) >= 11 is 0. The number of rotatable bonds is 2. The summed E-state index contributed by atoms with van der Waals surface area (Å²) in [4.78, 5) is 28.7. The van der Waals surface area contributed by atoms with E-state index in [-0.39, 0.29) is 23.5 Å². The molecule has 1 aromatic rings. The van der Waals surface area contributed by atoms with Crippen molar-refractivity contribution in [3.63, 3.8) is 0 Å². The highest BCUT2D eigenvalue weighted by Gasteiger charge is 2.32. The number of anilines is 1. The van der Waals surface area contributed by atoms with Gasteiger partial charge in [-0.05, 0) is 31.9 Å². The quantitative estimate of drug-likeness (QED) is 0.858. The fraction of sp³-hybridized carbons (Fsp3) is 0.556. The van der Waals surface area contributed by atoms with Gasteiger partial charge in [0, 0.05) is 38.8 Å². The fourth-order valence-electron chi connectivity index (χ4n) is 3.51. The van der Waals surface area contributed by atoms with Crippen LogP contribution in [0.15, 0.2) is 24.3 Å². The molecule has 6 nitrogen and oxygen atoms in total. The maximum atomic E-state index is 13.7. The van der Waals surface area contributed by atoms with Gasteiger partial charge in [-0.15, -0.1) is 0 Å². The molecule has 3 rings (SSSR count). The molecule has 2 N–H and O–H groups in total. The zero-order valence-corrected chi connectivity index (χ0v) is 14.5. The Morgan fingerprint density at radius 1 is 1.20 bits per heavy atom. The molecular formula is C18H25FN4O2. The molecule has 136 valence electrons. The highest BCUT2D eigenvalue weighted by atomic mass is 19.1. The number of carbonyl (C=O) groups is 2. The Labute approximate surface area is 147 Å². The summed E-state index contributed by atoms with van der Waals surface area (Å²) in [6.07, 6.45) is 1.57. The first-order valence-electron chi connectivity index (χ1n) is 8.87. The molecule has 0 spiro atoms. The topological polar surface area (TPSA) is 64.7 Å². The number of piperidine rings is 1. The molecule has 25 heavy (non-hydrogen) atoms. The molecule has 0 bridgehead atoms. The maximum Gasteiger partial charge on any atom is 0.321 e. The standard InChI is InChI=1S/C18H25FN4O2/c1-13-11-22(10-8-20-13)17(24)14-5-4-9-23(12-14)18(25)21-16-7-3-2-6-15(16)19/h2-3,6-7,13-14,20H,4-5,8-12H2,1H3,(H,21,25). The number of amides is 3. The molecule has 2 aliphatic heterocycles. The summed E-state index contributed by atoms with van der Waals surface area (Å²) < 4.78 is 13.7. The van der Waals surface area contributed by atoms with E-state index in [9.17, 15) is 14.0 Å². The average molecular weight is 348 g/mol. The number of urea groups is 1. The van der Waals surface area contributed by atoms with Crippen LogP contribution < -0.4 is 10.6 Å². The third-order valence-corrected chi connectivity index (χ3v) is 4.85. The lowest BCUT2D eigenvalue weighted by Gasteiger charge is -2.38. The van der Waals surface area contributed by atoms with Gasteiger partial charge < -0.3 is 20.4 Å². The maximum absolute atomic E-state index is 13.7. The van der Waals surface area contributed by atoms with Crippen LogP contribution in [0.5, 0.6) is 0 Å². The fourth-order valence-corrected chi connectivity index (χ4v) is 3.51. The molecule has 0 aromatic heterocycles. The van der Waals surface area contributed by atoms with E-state index in [2.05, 4.69) is 17.6 Å². The van der Waals surface area contributed by atoms with Gasteiger partial charge in [0.25, 0.3) is 0 Å². The second-order valence-electron chi connectivity index (χ2n) is 6.83. The van der Waals surface area contributed by atoms with Gasteiger partial charge in [-0.3, -0.25) is 4.79 Å². The van der Waals surface area contributed by atoms with Crippen molar-refractivity contribution < 1.29 is 14.0 Å². The van der Waals surface area contributed by atoms with E-state index in [0.29, 0.717) is 32.2 Å². The number of nitrogens with zero attached hydrogens (tertiary/aromatic N) is 2. The van der Waals surface area contributed by atoms with Crippen LogP contribution in [0.1, 0.15) is 19.8 Å². The molecule has 3 amide bonds. The summed E-state index contributed by atoms with van der Waals surface area (Å²) in [6, 6.07) is 6.03. The lowest BCUT2D eigenvalue weighted by molar-refractivity contribution is -0.138. The number of likely N-dealkylation sites (tertiary alicyclic amines) is 1. The first-order valence-corrected chi connectivity index (χ1v) is 8.87. The molecule has 0 aliphatic carbocycles. The van der Waals surface area contributed by atoms with Crippen molar-refractivity contribution in [3.8, 4) is 0 Å². The molecule has 2 heterocycles. The Balaban J connectivity index is 1.59. The van der Waals surface area contributed by atoms with Crippen molar-refractivity contribution in [2.75, 3.05) is 38.0 Å². The van der Waals surface area contributed by atoms with Gasteiger partial charge in [0.05, 0.1) is 11.6 Å². The minimum atomic E-state index is -0.463. The van der Waals surface area contributed by atoms with Gasteiger partial charge in [-0.25, -0.2) is 9.18 Å². The van der Waals surface area contributed by atoms with Crippen molar-refractivity contribution in [2.45, 2.75) is 25.8 Å². The molecule has 0 saturated carbocycles. The molecular weight excluding hydrogens is 323 g/mol. The van der Waals surface area contributed by atoms with Crippen LogP contribution in [0.4, 0.5) is 14.9 Å². The molecule has 2 atom stereocenters. The minimum Gasteiger partial charge on any atom is -0.340 e. The third-order valence-electron chi connectivity index (χ3n) is 4.85. The molecule has 2 aliphatic rings. The summed E-state index contributed by atoms with van der Waals surface area (Å²) in [5, 5.41) is 5.93. The van der Waals surface area contributed by atoms with Gasteiger partial charge in [-0.1, -0.05) is 12.1 Å². The zero-order chi connectivity index (χ0) is 17.8. The smallest absolute Gasteiger partial charge is 0.321 e. The number of nitrogens with one attached hydrogen (secondary N) is 2. The van der Waals surface area contributed by atoms with Gasteiger partial charge in [0.2, 0.25) is 5.91 Å². The Bertz CT molecular complexity index is 639. The van der Waals surface area contributed by atoms with Crippen LogP contribution in [0.25, 0.3) is 0 Å². The van der Waals surface area contributed by atoms with Crippen LogP contribution in [-0.2, 0) is 4.79 Å². The SMILES string of the molecule is CC1CN(C(=O)C2CCCN(C(=O)Nc3ccccc3F)C2)CCN1. The first-order chi connectivity index (χ1) is 12.0. The third kappa shape index (κ3) is 4.28. The molecule has 2 fully saturated rings. The number of hydrogen-bond acceptors (Lipinski definition) is 3. The summed E-state index contributed by atoms with van der Waals surface area (Å²) in [6.45, 7) is 5.25. The van der Waals surface area contributed by atoms with Gasteiger partial charge >= 0.3 is 6.03 Å². The molecule has 7 heteroatoms. The van der Waals surface area contributed by atoms with Crippen molar-refractivity contribution in [1.82, 2.24) is 15.1 Å². The monoisotopic (exact) mass is 348 g/mol. The van der Waals surface area contributed by atoms with Crippen LogP contribution in [0, 0.1) is 11.7 Å². The van der Waals surface area contributed by atoms with E-state index in [4.69, 9.17) is 0 Å². The highest BCUT2D eigenvalue weighted by Crippen LogP contribution is 2.21. The first kappa shape index (κ1) is 17.7. The number of benzene rings is 1. The number of halogens is 1. The van der Waals surface area contributed by atoms with E-state index in [1.54, 1.807) is 17.0 Å². The van der Waals surface area contributed by atoms with E-state index in [1.165, 1.54) is 12.1 Å². The van der Waals surface area contributed by atoms with Crippen molar-refractivity contribution in [3.05, 3.63) is 30.1 Å². The lowest BCUT2D eigenvalue weighted by Crippen LogP contribution is -2.55. The Hall–Kier alpha value is -2.15. The molecule has 2 saturated heterocycles. The second kappa shape index (κ2) is 7.82. The number of hydrogen-bond donors (Lipinski definition) is 2. The van der Waals surface area contributed by atoms with Crippen molar-refractivity contribution >= 4 is 17.6 Å². The van der Waals surface area contributed by atoms with Crippen LogP contribution in [0.3, 0.4) is 0 Å².